The van der Waals surface area contributed by atoms with Crippen LogP contribution in [0.2, 0.25) is 0 Å². The molecule has 22 heavy (non-hydrogen) atoms. The van der Waals surface area contributed by atoms with Crippen LogP contribution in [0.5, 0.6) is 0 Å². The standard InChI is InChI=1S/C18H21N3O/c1-18(12-16(22)21(2)17(19)20-18)15-10-6-9-14(11-15)13-7-4-3-5-8-13/h3-8,10-11,14H,9,12H2,1-2H3,(H2,19,20). The lowest BCUT2D eigenvalue weighted by Crippen LogP contribution is -2.49. The minimum atomic E-state index is -0.572. The molecule has 1 aliphatic heterocycles. The number of hydrogen-bond donors (Lipinski definition) is 1. The molecule has 1 amide bonds. The lowest BCUT2D eigenvalue weighted by atomic mass is 9.80. The molecular formula is C18H21N3O. The molecule has 2 aliphatic rings. The first-order valence-corrected chi connectivity index (χ1v) is 7.55. The lowest BCUT2D eigenvalue weighted by Gasteiger charge is -2.35. The molecule has 0 bridgehead atoms. The van der Waals surface area contributed by atoms with E-state index in [9.17, 15) is 4.79 Å². The van der Waals surface area contributed by atoms with Crippen molar-refractivity contribution in [2.75, 3.05) is 7.05 Å². The SMILES string of the molecule is CN1C(=O)CC(C)(C2=CC(c3ccccc3)CC=C2)N=C1N. The van der Waals surface area contributed by atoms with Gasteiger partial charge in [-0.15, -0.1) is 0 Å². The molecule has 2 N–H and O–H groups in total. The van der Waals surface area contributed by atoms with Gasteiger partial charge in [0.15, 0.2) is 5.96 Å². The third-order valence-corrected chi connectivity index (χ3v) is 4.49. The molecule has 3 rings (SSSR count). The van der Waals surface area contributed by atoms with Crippen molar-refractivity contribution >= 4 is 11.9 Å². The maximum atomic E-state index is 12.1. The number of hydrogen-bond acceptors (Lipinski definition) is 3. The third kappa shape index (κ3) is 2.56. The van der Waals surface area contributed by atoms with Gasteiger partial charge in [-0.05, 0) is 24.5 Å². The summed E-state index contributed by atoms with van der Waals surface area (Å²) in [6.07, 6.45) is 7.78. The first-order valence-electron chi connectivity index (χ1n) is 7.55. The fourth-order valence-corrected chi connectivity index (χ4v) is 3.05. The van der Waals surface area contributed by atoms with Crippen LogP contribution in [0.3, 0.4) is 0 Å². The molecule has 0 spiro atoms. The van der Waals surface area contributed by atoms with Crippen molar-refractivity contribution < 1.29 is 4.79 Å². The van der Waals surface area contributed by atoms with Crippen LogP contribution in [0.25, 0.3) is 0 Å². The molecule has 0 radical (unpaired) electrons. The number of nitrogens with two attached hydrogens (primary N) is 1. The average Bonchev–Trinajstić information content (AvgIpc) is 2.53. The quantitative estimate of drug-likeness (QED) is 0.911. The summed E-state index contributed by atoms with van der Waals surface area (Å²) in [6.45, 7) is 1.98. The maximum Gasteiger partial charge on any atom is 0.231 e. The zero-order chi connectivity index (χ0) is 15.7. The van der Waals surface area contributed by atoms with Crippen molar-refractivity contribution in [2.45, 2.75) is 31.2 Å². The van der Waals surface area contributed by atoms with E-state index in [1.165, 1.54) is 10.5 Å². The lowest BCUT2D eigenvalue weighted by molar-refractivity contribution is -0.128. The Hall–Kier alpha value is -2.36. The second-order valence-corrected chi connectivity index (χ2v) is 6.15. The van der Waals surface area contributed by atoms with Crippen LogP contribution >= 0.6 is 0 Å². The number of carbonyl (C=O) groups excluding carboxylic acids is 1. The van der Waals surface area contributed by atoms with Gasteiger partial charge in [0.1, 0.15) is 0 Å². The summed E-state index contributed by atoms with van der Waals surface area (Å²) in [4.78, 5) is 18.1. The largest absolute Gasteiger partial charge is 0.369 e. The van der Waals surface area contributed by atoms with Crippen LogP contribution in [0.15, 0.2) is 59.1 Å². The third-order valence-electron chi connectivity index (χ3n) is 4.49. The highest BCUT2D eigenvalue weighted by Gasteiger charge is 2.37. The Balaban J connectivity index is 1.95. The number of guanidine groups is 1. The number of carbonyl (C=O) groups is 1. The molecule has 0 saturated heterocycles. The van der Waals surface area contributed by atoms with Crippen LogP contribution in [-0.2, 0) is 4.79 Å². The van der Waals surface area contributed by atoms with Gasteiger partial charge in [-0.1, -0.05) is 48.6 Å². The predicted octanol–water partition coefficient (Wildman–Crippen LogP) is 2.59. The van der Waals surface area contributed by atoms with Crippen molar-refractivity contribution in [1.82, 2.24) is 4.90 Å². The van der Waals surface area contributed by atoms with Crippen LogP contribution in [0, 0.1) is 0 Å². The smallest absolute Gasteiger partial charge is 0.231 e. The number of rotatable bonds is 2. The maximum absolute atomic E-state index is 12.1. The Morgan fingerprint density at radius 2 is 2.05 bits per heavy atom. The van der Waals surface area contributed by atoms with Gasteiger partial charge in [0, 0.05) is 13.0 Å². The monoisotopic (exact) mass is 295 g/mol. The van der Waals surface area contributed by atoms with E-state index in [1.54, 1.807) is 7.05 Å². The summed E-state index contributed by atoms with van der Waals surface area (Å²) in [7, 11) is 1.67. The Morgan fingerprint density at radius 3 is 2.73 bits per heavy atom. The van der Waals surface area contributed by atoms with E-state index in [-0.39, 0.29) is 11.9 Å². The fraction of sp³-hybridized carbons (Fsp3) is 0.333. The van der Waals surface area contributed by atoms with E-state index < -0.39 is 5.54 Å². The first-order chi connectivity index (χ1) is 10.5. The molecular weight excluding hydrogens is 274 g/mol. The molecule has 1 heterocycles. The van der Waals surface area contributed by atoms with Crippen molar-refractivity contribution in [3.05, 3.63) is 59.7 Å². The molecule has 4 nitrogen and oxygen atoms in total. The molecule has 1 aromatic rings. The van der Waals surface area contributed by atoms with E-state index in [4.69, 9.17) is 5.73 Å². The molecule has 0 aromatic heterocycles. The second-order valence-electron chi connectivity index (χ2n) is 6.15. The molecule has 114 valence electrons. The number of nitrogens with zero attached hydrogens (tertiary/aromatic N) is 2. The molecule has 0 fully saturated rings. The van der Waals surface area contributed by atoms with Crippen molar-refractivity contribution in [1.29, 1.82) is 0 Å². The van der Waals surface area contributed by atoms with E-state index in [2.05, 4.69) is 47.5 Å². The van der Waals surface area contributed by atoms with Crippen LogP contribution < -0.4 is 5.73 Å². The zero-order valence-corrected chi connectivity index (χ0v) is 13.0. The molecule has 1 aromatic carbocycles. The van der Waals surface area contributed by atoms with Crippen molar-refractivity contribution in [3.8, 4) is 0 Å². The highest BCUT2D eigenvalue weighted by Crippen LogP contribution is 2.36. The van der Waals surface area contributed by atoms with E-state index in [0.29, 0.717) is 12.3 Å². The van der Waals surface area contributed by atoms with E-state index >= 15 is 0 Å². The highest BCUT2D eigenvalue weighted by molar-refractivity contribution is 5.99. The molecule has 2 unspecified atom stereocenters. The van der Waals surface area contributed by atoms with Crippen LogP contribution in [-0.4, -0.2) is 29.4 Å². The van der Waals surface area contributed by atoms with Crippen LogP contribution in [0.1, 0.15) is 31.2 Å². The zero-order valence-electron chi connectivity index (χ0n) is 13.0. The van der Waals surface area contributed by atoms with Gasteiger partial charge >= 0.3 is 0 Å². The summed E-state index contributed by atoms with van der Waals surface area (Å²) < 4.78 is 0. The van der Waals surface area contributed by atoms with Gasteiger partial charge in [0.25, 0.3) is 0 Å². The number of amides is 1. The average molecular weight is 295 g/mol. The highest BCUT2D eigenvalue weighted by atomic mass is 16.2. The summed E-state index contributed by atoms with van der Waals surface area (Å²) >= 11 is 0. The normalized spacial score (nSPS) is 28.4. The van der Waals surface area contributed by atoms with Crippen molar-refractivity contribution in [3.63, 3.8) is 0 Å². The Bertz CT molecular complexity index is 675. The first kappa shape index (κ1) is 14.6. The minimum absolute atomic E-state index is 0.00568. The Morgan fingerprint density at radius 1 is 1.32 bits per heavy atom. The van der Waals surface area contributed by atoms with Gasteiger partial charge in [0.2, 0.25) is 5.91 Å². The predicted molar refractivity (Wildman–Crippen MR) is 88.4 cm³/mol. The Labute approximate surface area is 131 Å². The van der Waals surface area contributed by atoms with E-state index in [1.807, 2.05) is 13.0 Å². The summed E-state index contributed by atoms with van der Waals surface area (Å²) in [6, 6.07) is 10.4. The summed E-state index contributed by atoms with van der Waals surface area (Å²) in [5.74, 6) is 0.616. The molecule has 4 heteroatoms. The van der Waals surface area contributed by atoms with Gasteiger partial charge in [-0.2, -0.15) is 0 Å². The number of aliphatic imine (C=N–C) groups is 1. The van der Waals surface area contributed by atoms with E-state index in [0.717, 1.165) is 12.0 Å². The topological polar surface area (TPSA) is 58.7 Å². The van der Waals surface area contributed by atoms with Gasteiger partial charge in [-0.3, -0.25) is 9.69 Å². The minimum Gasteiger partial charge on any atom is -0.369 e. The van der Waals surface area contributed by atoms with Crippen LogP contribution in [0.4, 0.5) is 0 Å². The molecule has 0 saturated carbocycles. The van der Waals surface area contributed by atoms with Crippen molar-refractivity contribution in [2.24, 2.45) is 10.7 Å². The number of allylic oxidation sites excluding steroid dienone is 2. The number of benzene rings is 1. The van der Waals surface area contributed by atoms with Gasteiger partial charge in [0.05, 0.1) is 12.0 Å². The van der Waals surface area contributed by atoms with Gasteiger partial charge in [-0.25, -0.2) is 4.99 Å². The Kier molecular flexibility index (Phi) is 3.61. The van der Waals surface area contributed by atoms with Gasteiger partial charge < -0.3 is 5.73 Å². The summed E-state index contributed by atoms with van der Waals surface area (Å²) in [5, 5.41) is 0. The molecule has 2 atom stereocenters. The summed E-state index contributed by atoms with van der Waals surface area (Å²) in [5.41, 5.74) is 7.68. The second kappa shape index (κ2) is 5.44. The fourth-order valence-electron chi connectivity index (χ4n) is 3.05. The molecule has 1 aliphatic carbocycles.